The van der Waals surface area contributed by atoms with Gasteiger partial charge in [0.1, 0.15) is 6.10 Å². The van der Waals surface area contributed by atoms with Crippen molar-refractivity contribution in [2.75, 3.05) is 0 Å². The molecule has 0 fully saturated rings. The van der Waals surface area contributed by atoms with Gasteiger partial charge >= 0.3 is 11.9 Å². The van der Waals surface area contributed by atoms with Crippen LogP contribution in [0.2, 0.25) is 0 Å². The summed E-state index contributed by atoms with van der Waals surface area (Å²) in [5.74, 6) is -0.904. The Hall–Kier alpha value is -1.88. The summed E-state index contributed by atoms with van der Waals surface area (Å²) >= 11 is 0. The number of ether oxygens (including phenoxy) is 2. The van der Waals surface area contributed by atoms with E-state index in [0.29, 0.717) is 13.0 Å². The first-order chi connectivity index (χ1) is 15.5. The largest absolute Gasteiger partial charge is 0.481 e. The molecule has 0 aromatic heterocycles. The Bertz CT molecular complexity index is 601. The average Bonchev–Trinajstić information content (AvgIpc) is 2.75. The molecule has 182 valence electrons. The van der Waals surface area contributed by atoms with E-state index in [1.165, 1.54) is 44.6 Å². The third-order valence-electron chi connectivity index (χ3n) is 5.71. The van der Waals surface area contributed by atoms with Gasteiger partial charge in [0.25, 0.3) is 0 Å². The summed E-state index contributed by atoms with van der Waals surface area (Å²) in [6.07, 6.45) is 14.1. The average molecular weight is 449 g/mol. The maximum absolute atomic E-state index is 11.5. The van der Waals surface area contributed by atoms with Crippen molar-refractivity contribution in [1.82, 2.24) is 0 Å². The molecule has 0 aliphatic rings. The zero-order valence-electron chi connectivity index (χ0n) is 20.2. The Morgan fingerprint density at radius 2 is 1.44 bits per heavy atom. The molecule has 0 radical (unpaired) electrons. The second-order valence-corrected chi connectivity index (χ2v) is 8.79. The van der Waals surface area contributed by atoms with Crippen LogP contribution in [0.25, 0.3) is 0 Å². The summed E-state index contributed by atoms with van der Waals surface area (Å²) in [4.78, 5) is 22.0. The summed E-state index contributed by atoms with van der Waals surface area (Å²) < 4.78 is 11.8. The predicted molar refractivity (Wildman–Crippen MR) is 129 cm³/mol. The van der Waals surface area contributed by atoms with Crippen molar-refractivity contribution in [3.8, 4) is 0 Å². The van der Waals surface area contributed by atoms with E-state index in [1.807, 2.05) is 18.2 Å². The summed E-state index contributed by atoms with van der Waals surface area (Å²) in [6.45, 7) is 4.18. The number of hydrogen-bond acceptors (Lipinski definition) is 4. The molecule has 5 nitrogen and oxygen atoms in total. The minimum absolute atomic E-state index is 0.0700. The number of rotatable bonds is 20. The van der Waals surface area contributed by atoms with E-state index >= 15 is 0 Å². The highest BCUT2D eigenvalue weighted by Crippen LogP contribution is 2.20. The Kier molecular flexibility index (Phi) is 16.4. The van der Waals surface area contributed by atoms with Crippen LogP contribution in [0.1, 0.15) is 109 Å². The van der Waals surface area contributed by atoms with Gasteiger partial charge in [0.15, 0.2) is 0 Å². The number of carbonyl (C=O) groups is 2. The molecule has 0 bridgehead atoms. The molecular formula is C27H44O5. The molecular weight excluding hydrogens is 404 g/mol. The predicted octanol–water partition coefficient (Wildman–Crippen LogP) is 7.07. The van der Waals surface area contributed by atoms with Crippen LogP contribution >= 0.6 is 0 Å². The van der Waals surface area contributed by atoms with Crippen molar-refractivity contribution in [2.24, 2.45) is 0 Å². The van der Waals surface area contributed by atoms with E-state index < -0.39 is 5.97 Å². The highest BCUT2D eigenvalue weighted by atomic mass is 16.5. The van der Waals surface area contributed by atoms with Crippen LogP contribution in [-0.4, -0.2) is 29.3 Å². The zero-order chi connectivity index (χ0) is 23.4. The van der Waals surface area contributed by atoms with Crippen LogP contribution in [0.5, 0.6) is 0 Å². The number of esters is 1. The lowest BCUT2D eigenvalue weighted by atomic mass is 10.0. The number of carboxylic acids is 1. The lowest BCUT2D eigenvalue weighted by Crippen LogP contribution is -2.25. The van der Waals surface area contributed by atoms with Crippen molar-refractivity contribution >= 4 is 11.9 Å². The molecule has 2 atom stereocenters. The smallest absolute Gasteiger partial charge is 0.303 e. The van der Waals surface area contributed by atoms with Gasteiger partial charge < -0.3 is 14.6 Å². The van der Waals surface area contributed by atoms with Crippen LogP contribution in [0.4, 0.5) is 0 Å². The zero-order valence-corrected chi connectivity index (χ0v) is 20.2. The van der Waals surface area contributed by atoms with Gasteiger partial charge in [-0.3, -0.25) is 9.59 Å². The van der Waals surface area contributed by atoms with Crippen molar-refractivity contribution in [3.63, 3.8) is 0 Å². The number of benzene rings is 1. The van der Waals surface area contributed by atoms with E-state index in [9.17, 15) is 9.59 Å². The Morgan fingerprint density at radius 1 is 0.844 bits per heavy atom. The molecule has 0 heterocycles. The summed E-state index contributed by atoms with van der Waals surface area (Å²) in [6, 6.07) is 10.2. The van der Waals surface area contributed by atoms with E-state index in [4.69, 9.17) is 14.6 Å². The fraction of sp³-hybridized carbons (Fsp3) is 0.704. The van der Waals surface area contributed by atoms with Crippen molar-refractivity contribution in [3.05, 3.63) is 35.9 Å². The van der Waals surface area contributed by atoms with Crippen LogP contribution in [0.15, 0.2) is 30.3 Å². The first kappa shape index (κ1) is 28.2. The lowest BCUT2D eigenvalue weighted by Gasteiger charge is -2.24. The highest BCUT2D eigenvalue weighted by molar-refractivity contribution is 5.66. The van der Waals surface area contributed by atoms with Crippen LogP contribution in [0, 0.1) is 0 Å². The Labute approximate surface area is 194 Å². The molecule has 0 aliphatic carbocycles. The van der Waals surface area contributed by atoms with E-state index in [0.717, 1.165) is 51.4 Å². The van der Waals surface area contributed by atoms with Gasteiger partial charge in [-0.05, 0) is 24.8 Å². The van der Waals surface area contributed by atoms with E-state index in [2.05, 4.69) is 19.1 Å². The summed E-state index contributed by atoms with van der Waals surface area (Å²) in [7, 11) is 0. The van der Waals surface area contributed by atoms with Gasteiger partial charge in [0.2, 0.25) is 0 Å². The first-order valence-electron chi connectivity index (χ1n) is 12.6. The van der Waals surface area contributed by atoms with Gasteiger partial charge in [-0.1, -0.05) is 95.0 Å². The van der Waals surface area contributed by atoms with Crippen LogP contribution in [0.3, 0.4) is 0 Å². The van der Waals surface area contributed by atoms with Gasteiger partial charge in [-0.2, -0.15) is 0 Å². The van der Waals surface area contributed by atoms with Gasteiger partial charge in [-0.15, -0.1) is 0 Å². The minimum atomic E-state index is -0.690. The van der Waals surface area contributed by atoms with Gasteiger partial charge in [0, 0.05) is 19.8 Å². The first-order valence-corrected chi connectivity index (χ1v) is 12.6. The third-order valence-corrected chi connectivity index (χ3v) is 5.71. The second-order valence-electron chi connectivity index (χ2n) is 8.79. The molecule has 2 unspecified atom stereocenters. The van der Waals surface area contributed by atoms with Crippen molar-refractivity contribution in [2.45, 2.75) is 123 Å². The molecule has 5 heteroatoms. The van der Waals surface area contributed by atoms with Crippen molar-refractivity contribution < 1.29 is 24.2 Å². The molecule has 1 aromatic carbocycles. The molecule has 0 aliphatic heterocycles. The number of unbranched alkanes of at least 4 members (excludes halogenated alkanes) is 8. The SMILES string of the molecule is CCCC(CC(CCCCCCCCCCCC(=O)O)OCc1ccccc1)OC(C)=O. The number of carbonyl (C=O) groups excluding carboxylic acids is 1. The monoisotopic (exact) mass is 448 g/mol. The fourth-order valence-electron chi connectivity index (χ4n) is 4.02. The number of carboxylic acid groups (broad SMARTS) is 1. The van der Waals surface area contributed by atoms with Crippen LogP contribution in [-0.2, 0) is 25.7 Å². The van der Waals surface area contributed by atoms with Gasteiger partial charge in [-0.25, -0.2) is 0 Å². The minimum Gasteiger partial charge on any atom is -0.481 e. The molecule has 0 amide bonds. The molecule has 0 saturated carbocycles. The number of aliphatic carboxylic acids is 1. The molecule has 1 aromatic rings. The van der Waals surface area contributed by atoms with E-state index in [-0.39, 0.29) is 18.2 Å². The fourth-order valence-corrected chi connectivity index (χ4v) is 4.02. The Morgan fingerprint density at radius 3 is 2.00 bits per heavy atom. The van der Waals surface area contributed by atoms with Gasteiger partial charge in [0.05, 0.1) is 12.7 Å². The maximum Gasteiger partial charge on any atom is 0.303 e. The summed E-state index contributed by atoms with van der Waals surface area (Å²) in [5.41, 5.74) is 1.17. The second kappa shape index (κ2) is 18.7. The third kappa shape index (κ3) is 15.9. The quantitative estimate of drug-likeness (QED) is 0.171. The van der Waals surface area contributed by atoms with Crippen molar-refractivity contribution in [1.29, 1.82) is 0 Å². The maximum atomic E-state index is 11.5. The molecule has 1 N–H and O–H groups in total. The molecule has 0 saturated heterocycles. The Balaban J connectivity index is 2.30. The van der Waals surface area contributed by atoms with E-state index in [1.54, 1.807) is 0 Å². The lowest BCUT2D eigenvalue weighted by molar-refractivity contribution is -0.148. The summed E-state index contributed by atoms with van der Waals surface area (Å²) in [5, 5.41) is 8.65. The normalized spacial score (nSPS) is 12.9. The van der Waals surface area contributed by atoms with Crippen LogP contribution < -0.4 is 0 Å². The number of hydrogen-bond donors (Lipinski definition) is 1. The molecule has 32 heavy (non-hydrogen) atoms. The highest BCUT2D eigenvalue weighted by Gasteiger charge is 2.19. The molecule has 1 rings (SSSR count). The standard InChI is InChI=1S/C27H44O5/c1-3-16-26(32-23(2)28)21-25(31-22-24-17-12-11-13-18-24)19-14-9-7-5-4-6-8-10-15-20-27(29)30/h11-13,17-18,25-26H,3-10,14-16,19-22H2,1-2H3,(H,29,30). The topological polar surface area (TPSA) is 72.8 Å². The molecule has 0 spiro atoms.